The Balaban J connectivity index is 1.42. The second kappa shape index (κ2) is 8.06. The van der Waals surface area contributed by atoms with E-state index in [0.717, 1.165) is 5.56 Å². The Morgan fingerprint density at radius 3 is 2.82 bits per heavy atom. The van der Waals surface area contributed by atoms with Gasteiger partial charge >= 0.3 is 0 Å². The van der Waals surface area contributed by atoms with Crippen molar-refractivity contribution in [2.45, 2.75) is 12.8 Å². The fourth-order valence-corrected chi connectivity index (χ4v) is 2.91. The van der Waals surface area contributed by atoms with E-state index in [2.05, 4.69) is 20.4 Å². The van der Waals surface area contributed by atoms with Crippen molar-refractivity contribution in [2.24, 2.45) is 0 Å². The highest BCUT2D eigenvalue weighted by atomic mass is 35.5. The van der Waals surface area contributed by atoms with E-state index in [1.807, 2.05) is 30.3 Å². The van der Waals surface area contributed by atoms with Crippen molar-refractivity contribution >= 4 is 23.2 Å². The number of oxazole rings is 1. The molecule has 0 atom stereocenters. The monoisotopic (exact) mass is 393 g/mol. The van der Waals surface area contributed by atoms with Gasteiger partial charge in [-0.05, 0) is 18.2 Å². The van der Waals surface area contributed by atoms with E-state index in [1.165, 1.54) is 6.33 Å². The molecule has 1 amide bonds. The average Bonchev–Trinajstić information content (AvgIpc) is 3.39. The first kappa shape index (κ1) is 17.9. The number of nitrogens with one attached hydrogen (secondary N) is 1. The van der Waals surface area contributed by atoms with E-state index in [4.69, 9.17) is 16.0 Å². The first-order chi connectivity index (χ1) is 13.7. The molecule has 2 aromatic carbocycles. The molecule has 8 heteroatoms. The number of carbonyl (C=O) groups is 1. The minimum atomic E-state index is -0.178. The van der Waals surface area contributed by atoms with Crippen LogP contribution in [0.1, 0.15) is 12.3 Å². The maximum Gasteiger partial charge on any atom is 0.224 e. The van der Waals surface area contributed by atoms with Crippen LogP contribution in [0, 0.1) is 0 Å². The highest BCUT2D eigenvalue weighted by Crippen LogP contribution is 2.24. The van der Waals surface area contributed by atoms with Gasteiger partial charge in [0.25, 0.3) is 0 Å². The lowest BCUT2D eigenvalue weighted by molar-refractivity contribution is -0.116. The van der Waals surface area contributed by atoms with Gasteiger partial charge in [0.2, 0.25) is 5.91 Å². The second-order valence-electron chi connectivity index (χ2n) is 6.03. The van der Waals surface area contributed by atoms with Crippen molar-refractivity contribution in [1.82, 2.24) is 19.7 Å². The van der Waals surface area contributed by atoms with E-state index < -0.39 is 0 Å². The SMILES string of the molecule is O=C(CCc1ncc(-c2ccccc2)o1)Nc1cc(Cl)ccc1-n1cncn1. The third-order valence-corrected chi connectivity index (χ3v) is 4.31. The number of nitrogens with zero attached hydrogens (tertiary/aromatic N) is 4. The number of anilines is 1. The topological polar surface area (TPSA) is 85.8 Å². The van der Waals surface area contributed by atoms with Crippen LogP contribution in [0.15, 0.2) is 71.8 Å². The fourth-order valence-electron chi connectivity index (χ4n) is 2.74. The summed E-state index contributed by atoms with van der Waals surface area (Å²) in [5.41, 5.74) is 2.18. The lowest BCUT2D eigenvalue weighted by Gasteiger charge is -2.11. The zero-order valence-corrected chi connectivity index (χ0v) is 15.5. The van der Waals surface area contributed by atoms with E-state index in [9.17, 15) is 4.79 Å². The molecule has 4 aromatic rings. The largest absolute Gasteiger partial charge is 0.441 e. The molecular formula is C20H16ClN5O2. The number of rotatable bonds is 6. The number of hydrogen-bond donors (Lipinski definition) is 1. The molecule has 2 aromatic heterocycles. The van der Waals surface area contributed by atoms with E-state index >= 15 is 0 Å². The summed E-state index contributed by atoms with van der Waals surface area (Å²) in [7, 11) is 0. The summed E-state index contributed by atoms with van der Waals surface area (Å²) in [4.78, 5) is 20.6. The van der Waals surface area contributed by atoms with Crippen LogP contribution < -0.4 is 5.32 Å². The van der Waals surface area contributed by atoms with Gasteiger partial charge in [0.15, 0.2) is 11.7 Å². The Morgan fingerprint density at radius 1 is 1.18 bits per heavy atom. The third kappa shape index (κ3) is 4.10. The second-order valence-corrected chi connectivity index (χ2v) is 6.47. The van der Waals surface area contributed by atoms with Crippen LogP contribution in [0.25, 0.3) is 17.0 Å². The van der Waals surface area contributed by atoms with Gasteiger partial charge in [-0.1, -0.05) is 41.9 Å². The predicted molar refractivity (Wildman–Crippen MR) is 105 cm³/mol. The lowest BCUT2D eigenvalue weighted by atomic mass is 10.2. The van der Waals surface area contributed by atoms with E-state index in [1.54, 1.807) is 35.4 Å². The smallest absolute Gasteiger partial charge is 0.224 e. The quantitative estimate of drug-likeness (QED) is 0.532. The van der Waals surface area contributed by atoms with Crippen LogP contribution in [0.2, 0.25) is 5.02 Å². The summed E-state index contributed by atoms with van der Waals surface area (Å²) in [6.07, 6.45) is 5.25. The standard InChI is InChI=1S/C20H16ClN5O2/c21-15-6-7-17(26-13-22-12-24-26)16(10-15)25-19(27)8-9-20-23-11-18(28-20)14-4-2-1-3-5-14/h1-7,10-13H,8-9H2,(H,25,27). The van der Waals surface area contributed by atoms with Crippen LogP contribution in [0.5, 0.6) is 0 Å². The zero-order chi connectivity index (χ0) is 19.3. The van der Waals surface area contributed by atoms with Crippen LogP contribution in [-0.4, -0.2) is 25.7 Å². The number of aromatic nitrogens is 4. The number of benzene rings is 2. The minimum absolute atomic E-state index is 0.178. The molecule has 0 fully saturated rings. The normalized spacial score (nSPS) is 10.8. The molecule has 7 nitrogen and oxygen atoms in total. The first-order valence-electron chi connectivity index (χ1n) is 8.63. The molecule has 140 valence electrons. The van der Waals surface area contributed by atoms with Crippen molar-refractivity contribution < 1.29 is 9.21 Å². The molecule has 0 radical (unpaired) electrons. The summed E-state index contributed by atoms with van der Waals surface area (Å²) in [6, 6.07) is 14.9. The molecule has 0 saturated heterocycles. The first-order valence-corrected chi connectivity index (χ1v) is 9.01. The van der Waals surface area contributed by atoms with Crippen LogP contribution in [0.3, 0.4) is 0 Å². The number of carbonyl (C=O) groups excluding carboxylic acids is 1. The van der Waals surface area contributed by atoms with Gasteiger partial charge in [-0.15, -0.1) is 0 Å². The van der Waals surface area contributed by atoms with Crippen molar-refractivity contribution in [1.29, 1.82) is 0 Å². The van der Waals surface area contributed by atoms with Crippen molar-refractivity contribution in [3.05, 3.63) is 78.3 Å². The maximum atomic E-state index is 12.4. The summed E-state index contributed by atoms with van der Waals surface area (Å²) < 4.78 is 7.30. The fraction of sp³-hybridized carbons (Fsp3) is 0.100. The Labute approximate surface area is 166 Å². The summed E-state index contributed by atoms with van der Waals surface area (Å²) >= 11 is 6.07. The molecule has 2 heterocycles. The van der Waals surface area contributed by atoms with Crippen molar-refractivity contribution in [3.63, 3.8) is 0 Å². The molecule has 0 spiro atoms. The van der Waals surface area contributed by atoms with Gasteiger partial charge in [0, 0.05) is 23.4 Å². The van der Waals surface area contributed by atoms with Crippen molar-refractivity contribution in [3.8, 4) is 17.0 Å². The van der Waals surface area contributed by atoms with Gasteiger partial charge in [-0.2, -0.15) is 5.10 Å². The highest BCUT2D eigenvalue weighted by Gasteiger charge is 2.12. The van der Waals surface area contributed by atoms with Gasteiger partial charge in [0.05, 0.1) is 17.6 Å². The minimum Gasteiger partial charge on any atom is -0.441 e. The summed E-state index contributed by atoms with van der Waals surface area (Å²) in [5, 5.41) is 7.48. The average molecular weight is 394 g/mol. The Bertz CT molecular complexity index is 1080. The molecule has 0 aliphatic carbocycles. The molecule has 0 aliphatic heterocycles. The molecule has 4 rings (SSSR count). The highest BCUT2D eigenvalue weighted by molar-refractivity contribution is 6.31. The number of halogens is 1. The molecular weight excluding hydrogens is 378 g/mol. The zero-order valence-electron chi connectivity index (χ0n) is 14.7. The third-order valence-electron chi connectivity index (χ3n) is 4.08. The molecule has 0 unspecified atom stereocenters. The molecule has 1 N–H and O–H groups in total. The van der Waals surface area contributed by atoms with Gasteiger partial charge in [-0.25, -0.2) is 14.6 Å². The summed E-state index contributed by atoms with van der Waals surface area (Å²) in [6.45, 7) is 0. The maximum absolute atomic E-state index is 12.4. The molecule has 0 bridgehead atoms. The Morgan fingerprint density at radius 2 is 2.04 bits per heavy atom. The predicted octanol–water partition coefficient (Wildman–Crippen LogP) is 4.15. The molecule has 28 heavy (non-hydrogen) atoms. The van der Waals surface area contributed by atoms with Gasteiger partial charge in [-0.3, -0.25) is 4.79 Å². The number of aryl methyl sites for hydroxylation is 1. The Hall–Kier alpha value is -3.45. The number of amides is 1. The van der Waals surface area contributed by atoms with Crippen LogP contribution >= 0.6 is 11.6 Å². The van der Waals surface area contributed by atoms with E-state index in [0.29, 0.717) is 34.5 Å². The van der Waals surface area contributed by atoms with Gasteiger partial charge < -0.3 is 9.73 Å². The van der Waals surface area contributed by atoms with E-state index in [-0.39, 0.29) is 12.3 Å². The Kier molecular flexibility index (Phi) is 5.16. The van der Waals surface area contributed by atoms with Gasteiger partial charge in [0.1, 0.15) is 12.7 Å². The summed E-state index contributed by atoms with van der Waals surface area (Å²) in [5.74, 6) is 1.01. The molecule has 0 saturated carbocycles. The van der Waals surface area contributed by atoms with Crippen molar-refractivity contribution in [2.75, 3.05) is 5.32 Å². The molecule has 0 aliphatic rings. The number of hydrogen-bond acceptors (Lipinski definition) is 5. The van der Waals surface area contributed by atoms with Crippen LogP contribution in [-0.2, 0) is 11.2 Å². The lowest BCUT2D eigenvalue weighted by Crippen LogP contribution is -2.14. The van der Waals surface area contributed by atoms with Crippen LogP contribution in [0.4, 0.5) is 5.69 Å².